The number of halogens is 2. The van der Waals surface area contributed by atoms with E-state index in [0.29, 0.717) is 11.3 Å². The smallest absolute Gasteiger partial charge is 0.386 e. The summed E-state index contributed by atoms with van der Waals surface area (Å²) in [7, 11) is 1.64. The van der Waals surface area contributed by atoms with Crippen LogP contribution in [0, 0.1) is 5.82 Å². The molecule has 0 amide bonds. The van der Waals surface area contributed by atoms with E-state index < -0.39 is 86.0 Å². The number of alkyl halides is 1. The van der Waals surface area contributed by atoms with E-state index in [2.05, 4.69) is 42.5 Å². The summed E-state index contributed by atoms with van der Waals surface area (Å²) in [5.74, 6) is -0.553. The number of aliphatic hydroxyl groups excluding tert-OH is 1. The number of aliphatic hydroxyl groups is 1. The molecule has 10 atom stereocenters. The van der Waals surface area contributed by atoms with Gasteiger partial charge in [-0.3, -0.25) is 22.9 Å². The maximum absolute atomic E-state index is 16.2. The number of H-pyrrole nitrogens is 1. The molecule has 0 spiro atoms. The highest BCUT2D eigenvalue weighted by molar-refractivity contribution is 8.44. The molecule has 4 aromatic heterocycles. The summed E-state index contributed by atoms with van der Waals surface area (Å²) in [6, 6.07) is 0. The fourth-order valence-electron chi connectivity index (χ4n) is 5.75. The third-order valence-corrected chi connectivity index (χ3v) is 11.1. The van der Waals surface area contributed by atoms with Crippen LogP contribution in [0.15, 0.2) is 30.0 Å². The molecule has 0 saturated carbocycles. The molecule has 0 aromatic carbocycles. The number of imidazole rings is 1. The van der Waals surface area contributed by atoms with Gasteiger partial charge in [0.15, 0.2) is 41.6 Å². The summed E-state index contributed by atoms with van der Waals surface area (Å²) in [4.78, 5) is 42.0. The van der Waals surface area contributed by atoms with Gasteiger partial charge in [0, 0.05) is 19.7 Å². The zero-order valence-electron chi connectivity index (χ0n) is 23.9. The van der Waals surface area contributed by atoms with Crippen molar-refractivity contribution in [2.24, 2.45) is 0 Å². The van der Waals surface area contributed by atoms with Crippen molar-refractivity contribution in [1.82, 2.24) is 34.1 Å². The zero-order chi connectivity index (χ0) is 33.2. The molecule has 7 rings (SSSR count). The topological polar surface area (TPSA) is 219 Å². The minimum atomic E-state index is -4.40. The Morgan fingerprint density at radius 1 is 1.11 bits per heavy atom. The summed E-state index contributed by atoms with van der Waals surface area (Å²) < 4.78 is 80.9. The van der Waals surface area contributed by atoms with Crippen molar-refractivity contribution < 1.29 is 50.9 Å². The zero-order valence-corrected chi connectivity index (χ0v) is 27.4. The Bertz CT molecular complexity index is 1990. The number of nitrogens with one attached hydrogen (secondary N) is 2. The first kappa shape index (κ1) is 33.1. The number of thiol groups is 1. The standard InChI is InChI=1S/C23H26F2N8O10P2S2/c1-26-18-14-20(29-6-27-18)33(8-31-14)22-13(25)16-10(40-22)2-3-38-44(36,46)43-17-15(34)11(5-39-45(37,47)42-16)41-23(17)32-4-9(24)12-19(32)28-7-30-21(12)35/h4,6-8,10-11,13,15-17,22-23,34H,2-3,5H2,1H3,(H,36,46)(H,37,47)(H,26,27,29)(H,28,30,35)/t10-,11-,13-,15-,16-,17-,22-,23-,44?,45?/m1/s1. The molecule has 7 heterocycles. The van der Waals surface area contributed by atoms with Crippen LogP contribution >= 0.6 is 25.8 Å². The van der Waals surface area contributed by atoms with E-state index in [1.807, 2.05) is 0 Å². The van der Waals surface area contributed by atoms with E-state index in [0.717, 1.165) is 17.1 Å². The molecule has 0 radical (unpaired) electrons. The van der Waals surface area contributed by atoms with E-state index in [4.69, 9.17) is 39.4 Å². The number of fused-ring (bicyclic) bond motifs is 5. The predicted molar refractivity (Wildman–Crippen MR) is 163 cm³/mol. The Labute approximate surface area is 272 Å². The average Bonchev–Trinajstić information content (AvgIpc) is 3.76. The fraction of sp³-hybridized carbons (Fsp3) is 0.522. The second kappa shape index (κ2) is 12.5. The van der Waals surface area contributed by atoms with Gasteiger partial charge in [-0.1, -0.05) is 12.2 Å². The lowest BCUT2D eigenvalue weighted by Gasteiger charge is -2.27. The fourth-order valence-corrected chi connectivity index (χ4v) is 8.69. The van der Waals surface area contributed by atoms with Gasteiger partial charge in [-0.15, -0.1) is 0 Å². The number of aromatic amines is 1. The Kier molecular flexibility index (Phi) is 8.76. The van der Waals surface area contributed by atoms with Crippen LogP contribution in [0.25, 0.3) is 22.2 Å². The van der Waals surface area contributed by atoms with Crippen molar-refractivity contribution in [2.45, 2.75) is 55.6 Å². The highest BCUT2D eigenvalue weighted by atomic mass is 32.7. The molecular formula is C23H26F2N8O10P2S2. The van der Waals surface area contributed by atoms with Gasteiger partial charge in [0.05, 0.1) is 32.0 Å². The van der Waals surface area contributed by atoms with Gasteiger partial charge in [-0.2, -0.15) is 0 Å². The first-order valence-electron chi connectivity index (χ1n) is 13.9. The molecule has 3 aliphatic heterocycles. The molecule has 254 valence electrons. The van der Waals surface area contributed by atoms with Gasteiger partial charge < -0.3 is 38.9 Å². The number of hydrogen-bond acceptors (Lipinski definition) is 15. The Morgan fingerprint density at radius 2 is 1.89 bits per heavy atom. The van der Waals surface area contributed by atoms with Crippen LogP contribution in [0.4, 0.5) is 14.6 Å². The number of anilines is 1. The van der Waals surface area contributed by atoms with Crippen LogP contribution in [0.2, 0.25) is 0 Å². The van der Waals surface area contributed by atoms with Crippen molar-refractivity contribution >= 4 is 65.6 Å². The van der Waals surface area contributed by atoms with Crippen LogP contribution in [0.5, 0.6) is 0 Å². The average molecular weight is 739 g/mol. The van der Waals surface area contributed by atoms with Gasteiger partial charge >= 0.3 is 13.5 Å². The van der Waals surface area contributed by atoms with E-state index in [-0.39, 0.29) is 24.3 Å². The molecular weight excluding hydrogens is 712 g/mol. The normalized spacial score (nSPS) is 36.8. The van der Waals surface area contributed by atoms with Crippen LogP contribution in [0.3, 0.4) is 0 Å². The maximum Gasteiger partial charge on any atom is 0.386 e. The minimum Gasteiger partial charge on any atom is -0.387 e. The lowest BCUT2D eigenvalue weighted by Crippen LogP contribution is -2.36. The van der Waals surface area contributed by atoms with Gasteiger partial charge in [0.25, 0.3) is 5.56 Å². The number of rotatable bonds is 3. The van der Waals surface area contributed by atoms with Crippen molar-refractivity contribution in [1.29, 1.82) is 0 Å². The predicted octanol–water partition coefficient (Wildman–Crippen LogP) is 1.70. The van der Waals surface area contributed by atoms with Crippen LogP contribution < -0.4 is 10.9 Å². The first-order valence-corrected chi connectivity index (χ1v) is 19.2. The van der Waals surface area contributed by atoms with Gasteiger partial charge in [0.2, 0.25) is 0 Å². The number of hydrogen-bond donors (Lipinski definition) is 5. The third-order valence-electron chi connectivity index (χ3n) is 7.86. The summed E-state index contributed by atoms with van der Waals surface area (Å²) in [6.07, 6.45) is -7.60. The van der Waals surface area contributed by atoms with Crippen molar-refractivity contribution in [3.8, 4) is 0 Å². The summed E-state index contributed by atoms with van der Waals surface area (Å²) in [5.41, 5.74) is -0.350. The lowest BCUT2D eigenvalue weighted by atomic mass is 10.1. The Morgan fingerprint density at radius 3 is 2.68 bits per heavy atom. The second-order valence-electron chi connectivity index (χ2n) is 10.7. The molecule has 18 nitrogen and oxygen atoms in total. The molecule has 2 unspecified atom stereocenters. The van der Waals surface area contributed by atoms with E-state index in [1.165, 1.54) is 17.2 Å². The highest BCUT2D eigenvalue weighted by Gasteiger charge is 2.52. The van der Waals surface area contributed by atoms with Gasteiger partial charge in [0.1, 0.15) is 41.6 Å². The van der Waals surface area contributed by atoms with Gasteiger partial charge in [-0.25, -0.2) is 33.3 Å². The van der Waals surface area contributed by atoms with E-state index >= 15 is 4.39 Å². The molecule has 4 N–H and O–H groups in total. The van der Waals surface area contributed by atoms with E-state index in [9.17, 15) is 23.7 Å². The summed E-state index contributed by atoms with van der Waals surface area (Å²) in [6.45, 7) is -9.62. The number of nitrogens with zero attached hydrogens (tertiary/aromatic N) is 6. The Hall–Kier alpha value is -2.46. The minimum absolute atomic E-state index is 0.156. The largest absolute Gasteiger partial charge is 0.387 e. The van der Waals surface area contributed by atoms with Crippen molar-refractivity contribution in [2.75, 3.05) is 25.6 Å². The molecule has 3 aliphatic rings. The first-order chi connectivity index (χ1) is 22.4. The van der Waals surface area contributed by atoms with Gasteiger partial charge in [-0.05, 0) is 11.8 Å². The quantitative estimate of drug-likeness (QED) is 0.149. The van der Waals surface area contributed by atoms with Crippen molar-refractivity contribution in [3.05, 3.63) is 41.3 Å². The molecule has 4 aromatic rings. The maximum atomic E-state index is 16.2. The molecule has 47 heavy (non-hydrogen) atoms. The molecule has 24 heteroatoms. The van der Waals surface area contributed by atoms with Crippen molar-refractivity contribution in [3.63, 3.8) is 0 Å². The van der Waals surface area contributed by atoms with E-state index in [1.54, 1.807) is 7.05 Å². The monoisotopic (exact) mass is 738 g/mol. The SMILES string of the molecule is CNc1ncnc2c1ncn2[C@@H]1O[C@@H]2CCOP(O)(=S)O[C@@H]3[C@H](O)[C@@H](COP(=O)(S)O[C@H]2[C@H]1F)O[C@H]3n1cc(F)c2c(=O)[nH]cnc21. The molecule has 3 saturated heterocycles. The Balaban J connectivity index is 1.18. The molecule has 3 fully saturated rings. The molecule has 2 bridgehead atoms. The number of ether oxygens (including phenoxy) is 2. The number of aromatic nitrogens is 7. The second-order valence-corrected chi connectivity index (χ2v) is 16.3. The highest BCUT2D eigenvalue weighted by Crippen LogP contribution is 2.58. The van der Waals surface area contributed by atoms with Crippen LogP contribution in [-0.4, -0.2) is 101 Å². The third kappa shape index (κ3) is 6.04. The van der Waals surface area contributed by atoms with Crippen LogP contribution in [0.1, 0.15) is 18.9 Å². The van der Waals surface area contributed by atoms with Crippen LogP contribution in [-0.2, 0) is 43.9 Å². The molecule has 0 aliphatic carbocycles. The summed E-state index contributed by atoms with van der Waals surface area (Å²) >= 11 is 9.24. The summed E-state index contributed by atoms with van der Waals surface area (Å²) in [5, 5.41) is 13.6. The lowest BCUT2D eigenvalue weighted by molar-refractivity contribution is -0.0478.